The van der Waals surface area contributed by atoms with Gasteiger partial charge in [-0.25, -0.2) is 9.98 Å². The van der Waals surface area contributed by atoms with Gasteiger partial charge in [-0.2, -0.15) is 0 Å². The van der Waals surface area contributed by atoms with E-state index in [9.17, 15) is 0 Å². The molecule has 2 aromatic carbocycles. The van der Waals surface area contributed by atoms with Gasteiger partial charge in [0.1, 0.15) is 11.7 Å². The maximum atomic E-state index is 4.67. The van der Waals surface area contributed by atoms with Crippen molar-refractivity contribution < 1.29 is 0 Å². The molecule has 0 amide bonds. The molecule has 0 radical (unpaired) electrons. The summed E-state index contributed by atoms with van der Waals surface area (Å²) in [4.78, 5) is 9.24. The van der Waals surface area contributed by atoms with E-state index in [1.807, 2.05) is 6.92 Å². The lowest BCUT2D eigenvalue weighted by molar-refractivity contribution is 1.25. The van der Waals surface area contributed by atoms with Crippen molar-refractivity contribution in [3.05, 3.63) is 24.3 Å². The smallest absolute Gasteiger partial charge is 0.106 e. The van der Waals surface area contributed by atoms with E-state index >= 15 is 0 Å². The minimum Gasteiger partial charge on any atom is -0.343 e. The molecule has 0 aliphatic carbocycles. The lowest BCUT2D eigenvalue weighted by Gasteiger charge is -2.23. The van der Waals surface area contributed by atoms with Gasteiger partial charge in [-0.05, 0) is 31.2 Å². The number of nitrogens with one attached hydrogen (secondary N) is 2. The summed E-state index contributed by atoms with van der Waals surface area (Å²) in [7, 11) is 0. The first kappa shape index (κ1) is 10.6. The van der Waals surface area contributed by atoms with Crippen molar-refractivity contribution in [2.24, 2.45) is 9.98 Å². The second-order valence-corrected chi connectivity index (χ2v) is 4.87. The van der Waals surface area contributed by atoms with Crippen LogP contribution >= 0.6 is 0 Å². The number of rotatable bonds is 1. The van der Waals surface area contributed by atoms with Crippen LogP contribution in [0.25, 0.3) is 10.8 Å². The van der Waals surface area contributed by atoms with Crippen LogP contribution in [0.3, 0.4) is 0 Å². The Hall–Kier alpha value is -2.36. The summed E-state index contributed by atoms with van der Waals surface area (Å²) in [5.41, 5.74) is 4.28. The molecular weight excluding hydrogens is 236 g/mol. The normalized spacial score (nSPS) is 15.5. The first-order valence-corrected chi connectivity index (χ1v) is 6.53. The SMILES string of the molecule is CCC1=Nc2ccc3c4c(ccc(c24)N1)NC(C)=N3. The lowest BCUT2D eigenvalue weighted by Crippen LogP contribution is -2.15. The van der Waals surface area contributed by atoms with Gasteiger partial charge >= 0.3 is 0 Å². The Morgan fingerprint density at radius 3 is 2.21 bits per heavy atom. The summed E-state index contributed by atoms with van der Waals surface area (Å²) in [5, 5.41) is 9.05. The van der Waals surface area contributed by atoms with Crippen LogP contribution in [0.4, 0.5) is 22.7 Å². The van der Waals surface area contributed by atoms with E-state index in [0.29, 0.717) is 0 Å². The topological polar surface area (TPSA) is 48.8 Å². The van der Waals surface area contributed by atoms with Gasteiger partial charge in [0.25, 0.3) is 0 Å². The van der Waals surface area contributed by atoms with E-state index in [4.69, 9.17) is 0 Å². The van der Waals surface area contributed by atoms with Crippen molar-refractivity contribution in [3.8, 4) is 0 Å². The third-order valence-electron chi connectivity index (χ3n) is 3.59. The van der Waals surface area contributed by atoms with Crippen LogP contribution in [0.2, 0.25) is 0 Å². The number of benzene rings is 2. The van der Waals surface area contributed by atoms with E-state index in [-0.39, 0.29) is 0 Å². The zero-order valence-corrected chi connectivity index (χ0v) is 10.9. The molecule has 2 aliphatic heterocycles. The lowest BCUT2D eigenvalue weighted by atomic mass is 10.0. The first-order valence-electron chi connectivity index (χ1n) is 6.53. The molecule has 2 aliphatic rings. The fourth-order valence-electron chi connectivity index (χ4n) is 2.75. The summed E-state index contributed by atoms with van der Waals surface area (Å²) in [5.74, 6) is 1.94. The molecule has 4 rings (SSSR count). The van der Waals surface area contributed by atoms with Crippen molar-refractivity contribution >= 4 is 45.2 Å². The van der Waals surface area contributed by atoms with Crippen molar-refractivity contribution in [1.82, 2.24) is 0 Å². The van der Waals surface area contributed by atoms with Gasteiger partial charge in [-0.3, -0.25) is 0 Å². The van der Waals surface area contributed by atoms with E-state index in [2.05, 4.69) is 51.8 Å². The largest absolute Gasteiger partial charge is 0.343 e. The number of amidine groups is 2. The Labute approximate surface area is 111 Å². The minimum atomic E-state index is 0.903. The quantitative estimate of drug-likeness (QED) is 0.797. The van der Waals surface area contributed by atoms with Crippen LogP contribution < -0.4 is 10.6 Å². The van der Waals surface area contributed by atoms with E-state index in [1.54, 1.807) is 0 Å². The molecule has 19 heavy (non-hydrogen) atoms. The predicted molar refractivity (Wildman–Crippen MR) is 81.3 cm³/mol. The number of anilines is 2. The minimum absolute atomic E-state index is 0.903. The van der Waals surface area contributed by atoms with Gasteiger partial charge in [0, 0.05) is 28.6 Å². The van der Waals surface area contributed by atoms with Crippen molar-refractivity contribution in [2.75, 3.05) is 10.6 Å². The maximum absolute atomic E-state index is 4.67. The molecule has 2 heterocycles. The Kier molecular flexibility index (Phi) is 1.98. The van der Waals surface area contributed by atoms with Gasteiger partial charge in [-0.15, -0.1) is 0 Å². The molecule has 0 saturated heterocycles. The highest BCUT2D eigenvalue weighted by molar-refractivity contribution is 6.22. The van der Waals surface area contributed by atoms with Crippen molar-refractivity contribution in [2.45, 2.75) is 20.3 Å². The second kappa shape index (κ2) is 3.57. The second-order valence-electron chi connectivity index (χ2n) is 4.87. The Morgan fingerprint density at radius 2 is 1.53 bits per heavy atom. The summed E-state index contributed by atoms with van der Waals surface area (Å²) >= 11 is 0. The number of aliphatic imine (C=N–C) groups is 2. The Morgan fingerprint density at radius 1 is 0.895 bits per heavy atom. The highest BCUT2D eigenvalue weighted by Crippen LogP contribution is 2.45. The molecule has 2 aromatic rings. The maximum Gasteiger partial charge on any atom is 0.106 e. The summed E-state index contributed by atoms with van der Waals surface area (Å²) in [6.45, 7) is 4.09. The van der Waals surface area contributed by atoms with Crippen LogP contribution in [-0.2, 0) is 0 Å². The van der Waals surface area contributed by atoms with Gasteiger partial charge in [0.05, 0.1) is 11.4 Å². The fourth-order valence-corrected chi connectivity index (χ4v) is 2.75. The Balaban J connectivity index is 2.13. The van der Waals surface area contributed by atoms with Crippen LogP contribution in [0.1, 0.15) is 20.3 Å². The molecule has 0 spiro atoms. The molecule has 0 fully saturated rings. The van der Waals surface area contributed by atoms with Crippen molar-refractivity contribution in [3.63, 3.8) is 0 Å². The molecule has 0 aromatic heterocycles. The van der Waals surface area contributed by atoms with Crippen molar-refractivity contribution in [1.29, 1.82) is 0 Å². The molecule has 0 saturated carbocycles. The molecular formula is C15H14N4. The number of nitrogens with zero attached hydrogens (tertiary/aromatic N) is 2. The molecule has 0 bridgehead atoms. The predicted octanol–water partition coefficient (Wildman–Crippen LogP) is 4.18. The molecule has 2 N–H and O–H groups in total. The number of hydrogen-bond donors (Lipinski definition) is 2. The standard InChI is InChI=1S/C15H14N4/c1-3-13-18-11-6-4-9-14-10(17-8(2)16-9)5-7-12(19-13)15(11)14/h4-7H,3H2,1-2H3,(H,16,17)(H,18,19). The highest BCUT2D eigenvalue weighted by Gasteiger charge is 2.20. The van der Waals surface area contributed by atoms with Gasteiger partial charge in [0.2, 0.25) is 0 Å². The monoisotopic (exact) mass is 250 g/mol. The van der Waals surface area contributed by atoms with Gasteiger partial charge < -0.3 is 10.6 Å². The molecule has 0 atom stereocenters. The van der Waals surface area contributed by atoms with Crippen LogP contribution in [-0.4, -0.2) is 11.7 Å². The average molecular weight is 250 g/mol. The van der Waals surface area contributed by atoms with Gasteiger partial charge in [0.15, 0.2) is 0 Å². The number of hydrogen-bond acceptors (Lipinski definition) is 4. The first-order chi connectivity index (χ1) is 9.26. The molecule has 94 valence electrons. The third-order valence-corrected chi connectivity index (χ3v) is 3.59. The van der Waals surface area contributed by atoms with E-state index in [0.717, 1.165) is 51.6 Å². The molecule has 0 unspecified atom stereocenters. The summed E-state index contributed by atoms with van der Waals surface area (Å²) in [6, 6.07) is 8.33. The molecule has 4 nitrogen and oxygen atoms in total. The summed E-state index contributed by atoms with van der Waals surface area (Å²) < 4.78 is 0. The Bertz CT molecular complexity index is 771. The summed E-state index contributed by atoms with van der Waals surface area (Å²) in [6.07, 6.45) is 0.903. The average Bonchev–Trinajstić information content (AvgIpc) is 2.43. The van der Waals surface area contributed by atoms with Gasteiger partial charge in [-0.1, -0.05) is 6.92 Å². The molecule has 4 heteroatoms. The fraction of sp³-hybridized carbons (Fsp3) is 0.200. The third kappa shape index (κ3) is 1.40. The van der Waals surface area contributed by atoms with Crippen LogP contribution in [0.15, 0.2) is 34.3 Å². The van der Waals surface area contributed by atoms with Crippen LogP contribution in [0, 0.1) is 0 Å². The van der Waals surface area contributed by atoms with Crippen LogP contribution in [0.5, 0.6) is 0 Å². The highest BCUT2D eigenvalue weighted by atomic mass is 15.0. The zero-order valence-electron chi connectivity index (χ0n) is 10.9. The van der Waals surface area contributed by atoms with E-state index < -0.39 is 0 Å². The van der Waals surface area contributed by atoms with E-state index in [1.165, 1.54) is 0 Å². The zero-order chi connectivity index (χ0) is 13.0.